The molecule has 1 aliphatic heterocycles. The number of carbonyl (C=O) groups is 3. The summed E-state index contributed by atoms with van der Waals surface area (Å²) in [5.74, 6) is -0.648. The van der Waals surface area contributed by atoms with E-state index in [0.717, 1.165) is 11.8 Å². The van der Waals surface area contributed by atoms with E-state index in [1.807, 2.05) is 20.8 Å². The first kappa shape index (κ1) is 25.6. The summed E-state index contributed by atoms with van der Waals surface area (Å²) < 4.78 is 33.4. The first-order chi connectivity index (χ1) is 12.8. The molecule has 1 amide bonds. The van der Waals surface area contributed by atoms with Gasteiger partial charge >= 0.3 is 177 Å². The molecule has 0 saturated carbocycles. The van der Waals surface area contributed by atoms with Crippen molar-refractivity contribution in [3.05, 3.63) is 0 Å². The number of amides is 1. The molecule has 1 fully saturated rings. The Hall–Kier alpha value is -0.470. The molecule has 1 N–H and O–H groups in total. The normalized spacial score (nSPS) is 26.8. The van der Waals surface area contributed by atoms with Crippen LogP contribution in [-0.2, 0) is 28.3 Å². The molecule has 0 aromatic carbocycles. The Morgan fingerprint density at radius 2 is 1.96 bits per heavy atom. The van der Waals surface area contributed by atoms with Crippen LogP contribution in [0.2, 0.25) is 0 Å². The summed E-state index contributed by atoms with van der Waals surface area (Å²) in [6, 6.07) is 0. The molecule has 0 aliphatic carbocycles. The summed E-state index contributed by atoms with van der Waals surface area (Å²) in [6.45, 7) is 9.04. The molecule has 0 aromatic heterocycles. The molecule has 1 aliphatic rings. The van der Waals surface area contributed by atoms with Crippen LogP contribution < -0.4 is 28.8 Å². The summed E-state index contributed by atoms with van der Waals surface area (Å²) in [7, 11) is 1.26. The number of esters is 1. The summed E-state index contributed by atoms with van der Waals surface area (Å²) in [5.41, 5.74) is -1.21. The summed E-state index contributed by atoms with van der Waals surface area (Å²) in [6.07, 6.45) is -1.03. The molecule has 11 heteroatoms. The van der Waals surface area contributed by atoms with Crippen molar-refractivity contribution in [1.82, 2.24) is 5.32 Å². The van der Waals surface area contributed by atoms with Crippen molar-refractivity contribution in [2.24, 2.45) is 10.8 Å². The van der Waals surface area contributed by atoms with Crippen LogP contribution in [-0.4, -0.2) is 55.7 Å². The molecule has 0 spiro atoms. The number of methoxy groups -OCH3 is 1. The Morgan fingerprint density at radius 1 is 1.32 bits per heavy atom. The van der Waals surface area contributed by atoms with Gasteiger partial charge in [-0.1, -0.05) is 0 Å². The standard InChI is InChI=1S/C17H30INO8S/c1-16(2,3)15(22)28-10-9-25-18(23)26-11-17(4,5)13(27-18)14(21)19-8-7-12(20)24-6/h13H,7-11H2,1-6H3,(H,19,21)/t13-/m0/s1. The van der Waals surface area contributed by atoms with Crippen LogP contribution in [0.3, 0.4) is 0 Å². The van der Waals surface area contributed by atoms with Crippen LogP contribution in [0.15, 0.2) is 0 Å². The van der Waals surface area contributed by atoms with E-state index in [-0.39, 0.29) is 31.3 Å². The van der Waals surface area contributed by atoms with Gasteiger partial charge < -0.3 is 0 Å². The van der Waals surface area contributed by atoms with Gasteiger partial charge in [0.2, 0.25) is 0 Å². The maximum absolute atomic E-state index is 12.8. The first-order valence-electron chi connectivity index (χ1n) is 8.79. The Kier molecular flexibility index (Phi) is 9.61. The summed E-state index contributed by atoms with van der Waals surface area (Å²) in [4.78, 5) is 35.5. The van der Waals surface area contributed by atoms with Crippen LogP contribution in [0.25, 0.3) is 0 Å². The fourth-order valence-electron chi connectivity index (χ4n) is 1.95. The number of carbonyl (C=O) groups excluding carboxylic acids is 3. The van der Waals surface area contributed by atoms with E-state index in [4.69, 9.17) is 9.20 Å². The van der Waals surface area contributed by atoms with E-state index < -0.39 is 48.9 Å². The van der Waals surface area contributed by atoms with E-state index in [1.165, 1.54) is 7.11 Å². The number of hydrogen-bond acceptors (Lipinski definition) is 9. The van der Waals surface area contributed by atoms with Crippen molar-refractivity contribution in [1.29, 1.82) is 0 Å². The molecule has 0 radical (unpaired) electrons. The molecule has 1 saturated heterocycles. The minimum absolute atomic E-state index is 0.00266. The van der Waals surface area contributed by atoms with Crippen LogP contribution in [0.5, 0.6) is 0 Å². The van der Waals surface area contributed by atoms with Gasteiger partial charge in [0.15, 0.2) is 0 Å². The summed E-state index contributed by atoms with van der Waals surface area (Å²) in [5, 5.41) is 2.57. The van der Waals surface area contributed by atoms with Gasteiger partial charge in [0.25, 0.3) is 0 Å². The Labute approximate surface area is 176 Å². The maximum atomic E-state index is 12.8. The van der Waals surface area contributed by atoms with Crippen molar-refractivity contribution >= 4 is 28.8 Å². The van der Waals surface area contributed by atoms with Gasteiger partial charge in [-0.3, -0.25) is 0 Å². The average molecular weight is 535 g/mol. The number of rotatable bonds is 8. The van der Waals surface area contributed by atoms with Crippen molar-refractivity contribution in [2.45, 2.75) is 47.1 Å². The summed E-state index contributed by atoms with van der Waals surface area (Å²) >= 11 is -3.66. The molecular weight excluding hydrogens is 505 g/mol. The third-order valence-corrected chi connectivity index (χ3v) is 8.36. The Bertz CT molecular complexity index is 580. The molecule has 164 valence electrons. The molecule has 1 heterocycles. The zero-order valence-corrected chi connectivity index (χ0v) is 20.1. The predicted octanol–water partition coefficient (Wildman–Crippen LogP) is -2.39. The van der Waals surface area contributed by atoms with E-state index in [2.05, 4.69) is 10.1 Å². The number of ether oxygens (including phenoxy) is 1. The molecule has 9 nitrogen and oxygen atoms in total. The van der Waals surface area contributed by atoms with Gasteiger partial charge in [-0.25, -0.2) is 0 Å². The van der Waals surface area contributed by atoms with Crippen LogP contribution >= 0.6 is 11.8 Å². The van der Waals surface area contributed by atoms with E-state index >= 15 is 0 Å². The molecule has 28 heavy (non-hydrogen) atoms. The fraction of sp³-hybridized carbons (Fsp3) is 0.824. The van der Waals surface area contributed by atoms with Crippen molar-refractivity contribution < 1.29 is 51.8 Å². The Balaban J connectivity index is 2.57. The zero-order valence-electron chi connectivity index (χ0n) is 17.2. The van der Waals surface area contributed by atoms with Gasteiger partial charge in [0, 0.05) is 0 Å². The van der Waals surface area contributed by atoms with Crippen LogP contribution in [0.4, 0.5) is 0 Å². The van der Waals surface area contributed by atoms with E-state index in [0.29, 0.717) is 5.75 Å². The van der Waals surface area contributed by atoms with Crippen molar-refractivity contribution in [3.8, 4) is 0 Å². The monoisotopic (exact) mass is 535 g/mol. The van der Waals surface area contributed by atoms with E-state index in [1.54, 1.807) is 13.8 Å². The van der Waals surface area contributed by atoms with Gasteiger partial charge in [0.1, 0.15) is 0 Å². The molecule has 0 bridgehead atoms. The second kappa shape index (κ2) is 10.5. The van der Waals surface area contributed by atoms with Gasteiger partial charge in [-0.2, -0.15) is 0 Å². The topological polar surface area (TPSA) is 123 Å². The first-order valence-corrected chi connectivity index (χ1v) is 13.3. The third-order valence-electron chi connectivity index (χ3n) is 3.70. The average Bonchev–Trinajstić information content (AvgIpc) is 2.60. The minimum atomic E-state index is -4.75. The van der Waals surface area contributed by atoms with Gasteiger partial charge in [-0.15, -0.1) is 0 Å². The number of hydrogen-bond donors (Lipinski definition) is 1. The Morgan fingerprint density at radius 3 is 2.54 bits per heavy atom. The predicted molar refractivity (Wildman–Crippen MR) is 97.1 cm³/mol. The van der Waals surface area contributed by atoms with Crippen LogP contribution in [0.1, 0.15) is 41.0 Å². The molecule has 1 rings (SSSR count). The molecule has 2 atom stereocenters. The second-order valence-electron chi connectivity index (χ2n) is 7.91. The van der Waals surface area contributed by atoms with Gasteiger partial charge in [-0.05, 0) is 0 Å². The van der Waals surface area contributed by atoms with Crippen molar-refractivity contribution in [2.75, 3.05) is 32.6 Å². The van der Waals surface area contributed by atoms with Crippen LogP contribution in [0, 0.1) is 10.8 Å². The van der Waals surface area contributed by atoms with Gasteiger partial charge in [0.05, 0.1) is 0 Å². The second-order valence-corrected chi connectivity index (χ2v) is 12.9. The number of nitrogens with one attached hydrogen (secondary N) is 1. The molecular formula is C17H30INO8S. The zero-order chi connectivity index (χ0) is 21.6. The molecule has 1 unspecified atom stereocenters. The number of halogens is 1. The third kappa shape index (κ3) is 8.11. The quantitative estimate of drug-likeness (QED) is 0.206. The number of thioether (sulfide) groups is 1. The van der Waals surface area contributed by atoms with E-state index in [9.17, 15) is 17.8 Å². The fourth-order valence-corrected chi connectivity index (χ4v) is 6.99. The molecule has 0 aromatic rings. The van der Waals surface area contributed by atoms with Crippen molar-refractivity contribution in [3.63, 3.8) is 0 Å². The SMILES string of the molecule is COC(=O)CCNC(=O)[C@@H]1O[I+]([O-])(OCCSC(=O)C(C)(C)C)OCC1(C)C.